The summed E-state index contributed by atoms with van der Waals surface area (Å²) >= 11 is 3.15. The maximum atomic E-state index is 12.7. The number of benzene rings is 1. The minimum absolute atomic E-state index is 0.0845. The quantitative estimate of drug-likeness (QED) is 0.752. The molecular weight excluding hydrogens is 410 g/mol. The molecule has 9 heteroatoms. The maximum absolute atomic E-state index is 12.7. The van der Waals surface area contributed by atoms with E-state index in [0.717, 1.165) is 0 Å². The second-order valence-electron chi connectivity index (χ2n) is 5.44. The van der Waals surface area contributed by atoms with Gasteiger partial charge in [0.2, 0.25) is 10.0 Å². The molecule has 1 aromatic carbocycles. The topological polar surface area (TPSA) is 94.6 Å². The molecule has 0 aliphatic carbocycles. The number of rotatable bonds is 3. The van der Waals surface area contributed by atoms with Gasteiger partial charge in [-0.05, 0) is 46.3 Å². The summed E-state index contributed by atoms with van der Waals surface area (Å²) in [6.45, 7) is 0.919. The van der Waals surface area contributed by atoms with E-state index >= 15 is 0 Å². The maximum Gasteiger partial charge on any atom is 0.289 e. The summed E-state index contributed by atoms with van der Waals surface area (Å²) in [6.07, 6.45) is 0. The van der Waals surface area contributed by atoms with Crippen molar-refractivity contribution in [3.05, 3.63) is 52.4 Å². The molecule has 2 heterocycles. The first kappa shape index (κ1) is 17.7. The molecule has 0 radical (unpaired) electrons. The zero-order chi connectivity index (χ0) is 18.0. The summed E-state index contributed by atoms with van der Waals surface area (Å²) in [5.41, 5.74) is 0.290. The second kappa shape index (κ2) is 7.00. The summed E-state index contributed by atoms with van der Waals surface area (Å²) in [4.78, 5) is 14.0. The van der Waals surface area contributed by atoms with Crippen LogP contribution in [0.2, 0.25) is 0 Å². The fourth-order valence-corrected chi connectivity index (χ4v) is 4.37. The summed E-state index contributed by atoms with van der Waals surface area (Å²) in [5, 5.41) is 8.93. The van der Waals surface area contributed by atoms with Gasteiger partial charge in [-0.15, -0.1) is 0 Å². The fraction of sp³-hybridized carbons (Fsp3) is 0.250. The molecule has 1 saturated heterocycles. The minimum atomic E-state index is -3.69. The normalized spacial score (nSPS) is 15.8. The first-order valence-corrected chi connectivity index (χ1v) is 9.70. The van der Waals surface area contributed by atoms with Crippen LogP contribution in [0.25, 0.3) is 0 Å². The largest absolute Gasteiger partial charge is 0.444 e. The van der Waals surface area contributed by atoms with Crippen LogP contribution >= 0.6 is 15.9 Å². The van der Waals surface area contributed by atoms with Gasteiger partial charge in [0.05, 0.1) is 16.5 Å². The first-order chi connectivity index (χ1) is 11.9. The Hall–Kier alpha value is -2.15. The minimum Gasteiger partial charge on any atom is -0.444 e. The molecule has 1 amide bonds. The number of piperazine rings is 1. The van der Waals surface area contributed by atoms with E-state index in [4.69, 9.17) is 9.68 Å². The highest BCUT2D eigenvalue weighted by Gasteiger charge is 2.31. The molecule has 0 bridgehead atoms. The molecule has 3 rings (SSSR count). The molecule has 2 aromatic rings. The first-order valence-electron chi connectivity index (χ1n) is 7.47. The number of hydrogen-bond donors (Lipinski definition) is 0. The van der Waals surface area contributed by atoms with Crippen molar-refractivity contribution in [2.24, 2.45) is 0 Å². The molecule has 130 valence electrons. The lowest BCUT2D eigenvalue weighted by Crippen LogP contribution is -2.50. The van der Waals surface area contributed by atoms with Crippen molar-refractivity contribution < 1.29 is 17.6 Å². The van der Waals surface area contributed by atoms with Crippen LogP contribution in [0.3, 0.4) is 0 Å². The molecule has 0 N–H and O–H groups in total. The van der Waals surface area contributed by atoms with Crippen molar-refractivity contribution in [2.75, 3.05) is 26.2 Å². The van der Waals surface area contributed by atoms with Gasteiger partial charge in [-0.3, -0.25) is 4.79 Å². The highest BCUT2D eigenvalue weighted by atomic mass is 79.9. The number of amides is 1. The third-order valence-corrected chi connectivity index (χ3v) is 6.23. The number of nitriles is 1. The molecule has 1 aliphatic heterocycles. The fourth-order valence-electron chi connectivity index (χ4n) is 2.59. The zero-order valence-corrected chi connectivity index (χ0v) is 15.5. The number of furan rings is 1. The Morgan fingerprint density at radius 1 is 1.16 bits per heavy atom. The highest BCUT2D eigenvalue weighted by molar-refractivity contribution is 9.10. The Balaban J connectivity index is 1.71. The lowest BCUT2D eigenvalue weighted by Gasteiger charge is -2.33. The van der Waals surface area contributed by atoms with E-state index in [0.29, 0.717) is 10.2 Å². The molecule has 0 spiro atoms. The Labute approximate surface area is 153 Å². The van der Waals surface area contributed by atoms with Crippen molar-refractivity contribution in [3.63, 3.8) is 0 Å². The highest BCUT2D eigenvalue weighted by Crippen LogP contribution is 2.20. The van der Waals surface area contributed by atoms with Gasteiger partial charge in [0.15, 0.2) is 10.4 Å². The van der Waals surface area contributed by atoms with Crippen LogP contribution in [-0.2, 0) is 10.0 Å². The molecule has 0 atom stereocenters. The third-order valence-electron chi connectivity index (χ3n) is 3.91. The van der Waals surface area contributed by atoms with Crippen molar-refractivity contribution in [3.8, 4) is 6.07 Å². The summed E-state index contributed by atoms with van der Waals surface area (Å²) in [7, 11) is -3.69. The van der Waals surface area contributed by atoms with Crippen LogP contribution in [0, 0.1) is 11.3 Å². The van der Waals surface area contributed by atoms with E-state index in [9.17, 15) is 13.2 Å². The molecule has 1 fully saturated rings. The zero-order valence-electron chi connectivity index (χ0n) is 13.1. The van der Waals surface area contributed by atoms with Crippen molar-refractivity contribution in [1.82, 2.24) is 9.21 Å². The smallest absolute Gasteiger partial charge is 0.289 e. The van der Waals surface area contributed by atoms with Crippen LogP contribution in [-0.4, -0.2) is 49.7 Å². The molecule has 1 aromatic heterocycles. The number of carbonyl (C=O) groups excluding carboxylic acids is 1. The number of carbonyl (C=O) groups is 1. The van der Waals surface area contributed by atoms with Crippen molar-refractivity contribution in [1.29, 1.82) is 5.26 Å². The van der Waals surface area contributed by atoms with Crippen molar-refractivity contribution in [2.45, 2.75) is 4.90 Å². The van der Waals surface area contributed by atoms with Gasteiger partial charge < -0.3 is 9.32 Å². The van der Waals surface area contributed by atoms with Crippen LogP contribution in [0.5, 0.6) is 0 Å². The summed E-state index contributed by atoms with van der Waals surface area (Å²) < 4.78 is 32.4. The number of nitrogens with zero attached hydrogens (tertiary/aromatic N) is 3. The standard InChI is InChI=1S/C16H14BrN3O4S/c17-15-5-4-14(24-15)16(21)19-6-8-20(9-7-19)25(22,23)13-3-1-2-12(10-13)11-18/h1-5,10H,6-9H2. The Morgan fingerprint density at radius 2 is 1.88 bits per heavy atom. The van der Waals surface area contributed by atoms with Gasteiger partial charge in [-0.2, -0.15) is 9.57 Å². The average Bonchev–Trinajstić information content (AvgIpc) is 3.07. The van der Waals surface area contributed by atoms with Crippen LogP contribution in [0.15, 0.2) is 50.4 Å². The van der Waals surface area contributed by atoms with Gasteiger partial charge in [0.25, 0.3) is 5.91 Å². The number of hydrogen-bond acceptors (Lipinski definition) is 5. The summed E-state index contributed by atoms with van der Waals surface area (Å²) in [5.74, 6) is -0.0564. The van der Waals surface area contributed by atoms with Crippen LogP contribution < -0.4 is 0 Å². The second-order valence-corrected chi connectivity index (χ2v) is 8.16. The third kappa shape index (κ3) is 3.61. The molecule has 25 heavy (non-hydrogen) atoms. The van der Waals surface area contributed by atoms with Gasteiger partial charge in [-0.25, -0.2) is 8.42 Å². The van der Waals surface area contributed by atoms with Crippen LogP contribution in [0.1, 0.15) is 16.1 Å². The number of halogens is 1. The Morgan fingerprint density at radius 3 is 2.48 bits per heavy atom. The molecule has 1 aliphatic rings. The Bertz CT molecular complexity index is 940. The van der Waals surface area contributed by atoms with Gasteiger partial charge in [0, 0.05) is 26.2 Å². The van der Waals surface area contributed by atoms with Gasteiger partial charge >= 0.3 is 0 Å². The lowest BCUT2D eigenvalue weighted by atomic mass is 10.2. The predicted molar refractivity (Wildman–Crippen MR) is 92.2 cm³/mol. The summed E-state index contributed by atoms with van der Waals surface area (Å²) in [6, 6.07) is 11.1. The van der Waals surface area contributed by atoms with E-state index in [-0.39, 0.29) is 42.7 Å². The average molecular weight is 424 g/mol. The number of sulfonamides is 1. The molecular formula is C16H14BrN3O4S. The van der Waals surface area contributed by atoms with Crippen LogP contribution in [0.4, 0.5) is 0 Å². The monoisotopic (exact) mass is 423 g/mol. The lowest BCUT2D eigenvalue weighted by molar-refractivity contribution is 0.0664. The SMILES string of the molecule is N#Cc1cccc(S(=O)(=O)N2CCN(C(=O)c3ccc(Br)o3)CC2)c1. The van der Waals surface area contributed by atoms with Crippen molar-refractivity contribution >= 4 is 31.9 Å². The molecule has 0 unspecified atom stereocenters. The molecule has 7 nitrogen and oxygen atoms in total. The van der Waals surface area contributed by atoms with Gasteiger partial charge in [0.1, 0.15) is 0 Å². The van der Waals surface area contributed by atoms with E-state index in [1.807, 2.05) is 6.07 Å². The van der Waals surface area contributed by atoms with E-state index in [1.165, 1.54) is 16.4 Å². The van der Waals surface area contributed by atoms with E-state index in [2.05, 4.69) is 15.9 Å². The van der Waals surface area contributed by atoms with Gasteiger partial charge in [-0.1, -0.05) is 6.07 Å². The Kier molecular flexibility index (Phi) is 4.94. The van der Waals surface area contributed by atoms with E-state index < -0.39 is 10.0 Å². The predicted octanol–water partition coefficient (Wildman–Crippen LogP) is 2.06. The molecule has 0 saturated carbocycles. The van der Waals surface area contributed by atoms with E-state index in [1.54, 1.807) is 29.2 Å².